The molecule has 2 saturated heterocycles. The summed E-state index contributed by atoms with van der Waals surface area (Å²) in [4.78, 5) is 14.6. The van der Waals surface area contributed by atoms with E-state index in [1.165, 1.54) is 12.1 Å². The second-order valence-electron chi connectivity index (χ2n) is 6.88. The van der Waals surface area contributed by atoms with Crippen LogP contribution in [0, 0.1) is 5.82 Å². The molecule has 0 saturated carbocycles. The summed E-state index contributed by atoms with van der Waals surface area (Å²) in [5.74, 6) is -0.368. The lowest BCUT2D eigenvalue weighted by atomic mass is 10.0. The van der Waals surface area contributed by atoms with Gasteiger partial charge in [0.25, 0.3) is 0 Å². The number of ether oxygens (including phenoxy) is 1. The summed E-state index contributed by atoms with van der Waals surface area (Å²) in [7, 11) is 0. The number of nitrogens with one attached hydrogen (secondary N) is 1. The third kappa shape index (κ3) is 4.91. The molecule has 2 aliphatic heterocycles. The Morgan fingerprint density at radius 1 is 1.40 bits per heavy atom. The van der Waals surface area contributed by atoms with E-state index in [4.69, 9.17) is 22.1 Å². The van der Waals surface area contributed by atoms with Crippen molar-refractivity contribution < 1.29 is 13.9 Å². The van der Waals surface area contributed by atoms with Crippen LogP contribution in [0.25, 0.3) is 0 Å². The molecule has 0 aromatic heterocycles. The molecule has 1 aromatic rings. The van der Waals surface area contributed by atoms with Gasteiger partial charge in [-0.05, 0) is 49.9 Å². The number of nitrogens with zero attached hydrogens (tertiary/aromatic N) is 1. The Bertz CT molecular complexity index is 616. The normalized spacial score (nSPS) is 27.4. The molecule has 7 heteroatoms. The summed E-state index contributed by atoms with van der Waals surface area (Å²) in [6, 6.07) is 4.58. The third-order valence-electron chi connectivity index (χ3n) is 4.92. The molecule has 25 heavy (non-hydrogen) atoms. The fourth-order valence-electron chi connectivity index (χ4n) is 3.57. The van der Waals surface area contributed by atoms with Crippen LogP contribution in [0.5, 0.6) is 0 Å². The van der Waals surface area contributed by atoms with E-state index in [-0.39, 0.29) is 30.0 Å². The van der Waals surface area contributed by atoms with E-state index in [9.17, 15) is 9.18 Å². The first kappa shape index (κ1) is 18.6. The number of likely N-dealkylation sites (tertiary alicyclic amines) is 1. The molecule has 2 fully saturated rings. The standard InChI is InChI=1S/C18H25ClFN3O2/c19-16-8-13(20)4-3-12(16)10-23-7-1-2-14(11-23)22-18(24)17-6-5-15(9-21)25-17/h3-4,8,14-15,17H,1-2,5-7,9-11,21H2,(H,22,24)/t14?,15-,17+/m1/s1. The van der Waals surface area contributed by atoms with Crippen molar-refractivity contribution in [2.24, 2.45) is 5.73 Å². The van der Waals surface area contributed by atoms with Crippen LogP contribution in [-0.4, -0.2) is 48.7 Å². The van der Waals surface area contributed by atoms with Crippen molar-refractivity contribution in [3.8, 4) is 0 Å². The molecule has 0 radical (unpaired) electrons. The van der Waals surface area contributed by atoms with Crippen molar-refractivity contribution in [2.45, 2.75) is 50.5 Å². The monoisotopic (exact) mass is 369 g/mol. The first-order valence-electron chi connectivity index (χ1n) is 8.87. The van der Waals surface area contributed by atoms with E-state index >= 15 is 0 Å². The van der Waals surface area contributed by atoms with Gasteiger partial charge in [0, 0.05) is 30.7 Å². The van der Waals surface area contributed by atoms with Crippen molar-refractivity contribution in [1.29, 1.82) is 0 Å². The Labute approximate surface area is 152 Å². The molecule has 3 rings (SSSR count). The Balaban J connectivity index is 1.52. The number of hydrogen-bond acceptors (Lipinski definition) is 4. The van der Waals surface area contributed by atoms with E-state index in [1.54, 1.807) is 6.07 Å². The molecule has 1 amide bonds. The average molecular weight is 370 g/mol. The molecule has 0 bridgehead atoms. The number of nitrogens with two attached hydrogens (primary N) is 1. The van der Waals surface area contributed by atoms with Crippen LogP contribution < -0.4 is 11.1 Å². The zero-order chi connectivity index (χ0) is 17.8. The van der Waals surface area contributed by atoms with Crippen LogP contribution in [0.15, 0.2) is 18.2 Å². The van der Waals surface area contributed by atoms with E-state index < -0.39 is 0 Å². The van der Waals surface area contributed by atoms with E-state index in [2.05, 4.69) is 10.2 Å². The lowest BCUT2D eigenvalue weighted by Crippen LogP contribution is -2.50. The molecule has 2 heterocycles. The number of halogens is 2. The summed E-state index contributed by atoms with van der Waals surface area (Å²) in [5.41, 5.74) is 6.50. The van der Waals surface area contributed by atoms with Gasteiger partial charge in [-0.1, -0.05) is 17.7 Å². The first-order chi connectivity index (χ1) is 12.0. The highest BCUT2D eigenvalue weighted by molar-refractivity contribution is 6.31. The van der Waals surface area contributed by atoms with Crippen molar-refractivity contribution >= 4 is 17.5 Å². The fraction of sp³-hybridized carbons (Fsp3) is 0.611. The molecule has 0 aliphatic carbocycles. The van der Waals surface area contributed by atoms with Crippen LogP contribution in [0.1, 0.15) is 31.2 Å². The van der Waals surface area contributed by atoms with E-state index in [0.717, 1.165) is 44.3 Å². The van der Waals surface area contributed by atoms with Crippen molar-refractivity contribution in [3.05, 3.63) is 34.6 Å². The van der Waals surface area contributed by atoms with Crippen molar-refractivity contribution in [1.82, 2.24) is 10.2 Å². The number of benzene rings is 1. The van der Waals surface area contributed by atoms with Gasteiger partial charge in [-0.3, -0.25) is 9.69 Å². The predicted molar refractivity (Wildman–Crippen MR) is 94.8 cm³/mol. The summed E-state index contributed by atoms with van der Waals surface area (Å²) >= 11 is 6.12. The molecule has 1 unspecified atom stereocenters. The van der Waals surface area contributed by atoms with E-state index in [0.29, 0.717) is 18.1 Å². The number of rotatable bonds is 5. The maximum absolute atomic E-state index is 13.2. The number of carbonyl (C=O) groups excluding carboxylic acids is 1. The average Bonchev–Trinajstić information content (AvgIpc) is 3.07. The molecule has 2 aliphatic rings. The molecule has 3 N–H and O–H groups in total. The Morgan fingerprint density at radius 2 is 2.24 bits per heavy atom. The number of piperidine rings is 1. The van der Waals surface area contributed by atoms with Gasteiger partial charge < -0.3 is 15.8 Å². The second-order valence-corrected chi connectivity index (χ2v) is 7.29. The topological polar surface area (TPSA) is 67.6 Å². The van der Waals surface area contributed by atoms with Gasteiger partial charge in [0.05, 0.1) is 6.10 Å². The summed E-state index contributed by atoms with van der Waals surface area (Å²) < 4.78 is 18.8. The van der Waals surface area contributed by atoms with Crippen LogP contribution >= 0.6 is 11.6 Å². The number of hydrogen-bond donors (Lipinski definition) is 2. The predicted octanol–water partition coefficient (Wildman–Crippen LogP) is 2.07. The smallest absolute Gasteiger partial charge is 0.249 e. The van der Waals surface area contributed by atoms with Crippen molar-refractivity contribution in [3.63, 3.8) is 0 Å². The third-order valence-corrected chi connectivity index (χ3v) is 5.28. The van der Waals surface area contributed by atoms with Gasteiger partial charge in [-0.15, -0.1) is 0 Å². The minimum atomic E-state index is -0.379. The van der Waals surface area contributed by atoms with E-state index in [1.807, 2.05) is 0 Å². The molecular formula is C18H25ClFN3O2. The molecule has 1 aromatic carbocycles. The highest BCUT2D eigenvalue weighted by Gasteiger charge is 2.32. The Kier molecular flexibility index (Phi) is 6.28. The first-order valence-corrected chi connectivity index (χ1v) is 9.25. The molecule has 3 atom stereocenters. The van der Waals surface area contributed by atoms with Gasteiger partial charge in [-0.25, -0.2) is 4.39 Å². The maximum atomic E-state index is 13.2. The summed E-state index contributed by atoms with van der Waals surface area (Å²) in [5, 5.41) is 3.55. The number of amides is 1. The van der Waals surface area contributed by atoms with Gasteiger partial charge in [0.2, 0.25) is 5.91 Å². The second kappa shape index (κ2) is 8.45. The maximum Gasteiger partial charge on any atom is 0.249 e. The highest BCUT2D eigenvalue weighted by Crippen LogP contribution is 2.22. The zero-order valence-electron chi connectivity index (χ0n) is 14.2. The van der Waals surface area contributed by atoms with Crippen molar-refractivity contribution in [2.75, 3.05) is 19.6 Å². The zero-order valence-corrected chi connectivity index (χ0v) is 15.0. The van der Waals surface area contributed by atoms with Gasteiger partial charge in [0.1, 0.15) is 11.9 Å². The van der Waals surface area contributed by atoms with Crippen LogP contribution in [0.3, 0.4) is 0 Å². The quantitative estimate of drug-likeness (QED) is 0.833. The highest BCUT2D eigenvalue weighted by atomic mass is 35.5. The molecule has 0 spiro atoms. The number of carbonyl (C=O) groups is 1. The summed E-state index contributed by atoms with van der Waals surface area (Å²) in [6.45, 7) is 2.81. The summed E-state index contributed by atoms with van der Waals surface area (Å²) in [6.07, 6.45) is 3.14. The fourth-order valence-corrected chi connectivity index (χ4v) is 3.80. The van der Waals surface area contributed by atoms with Crippen LogP contribution in [0.4, 0.5) is 4.39 Å². The molecule has 138 valence electrons. The Morgan fingerprint density at radius 3 is 2.96 bits per heavy atom. The molecule has 5 nitrogen and oxygen atoms in total. The van der Waals surface area contributed by atoms with Crippen LogP contribution in [-0.2, 0) is 16.1 Å². The van der Waals surface area contributed by atoms with Gasteiger partial charge in [-0.2, -0.15) is 0 Å². The molecular weight excluding hydrogens is 345 g/mol. The van der Waals surface area contributed by atoms with Crippen LogP contribution in [0.2, 0.25) is 5.02 Å². The van der Waals surface area contributed by atoms with Gasteiger partial charge in [0.15, 0.2) is 0 Å². The minimum absolute atomic E-state index is 0.000720. The SMILES string of the molecule is NC[C@H]1CC[C@@H](C(=O)NC2CCCN(Cc3ccc(F)cc3Cl)C2)O1. The Hall–Kier alpha value is -1.21. The lowest BCUT2D eigenvalue weighted by Gasteiger charge is -2.33. The van der Waals surface area contributed by atoms with Gasteiger partial charge >= 0.3 is 0 Å². The minimum Gasteiger partial charge on any atom is -0.364 e. The lowest BCUT2D eigenvalue weighted by molar-refractivity contribution is -0.133. The largest absolute Gasteiger partial charge is 0.364 e.